The minimum atomic E-state index is 0.733. The highest BCUT2D eigenvalue weighted by Gasteiger charge is 2.14. The molecule has 0 N–H and O–H groups in total. The van der Waals surface area contributed by atoms with Crippen molar-refractivity contribution in [1.82, 2.24) is 15.0 Å². The lowest BCUT2D eigenvalue weighted by molar-refractivity contribution is 1.23. The summed E-state index contributed by atoms with van der Waals surface area (Å²) in [6, 6.07) is 57.3. The summed E-state index contributed by atoms with van der Waals surface area (Å²) in [5, 5.41) is 7.14. The Kier molecular flexibility index (Phi) is 6.14. The van der Waals surface area contributed by atoms with Gasteiger partial charge in [-0.25, -0.2) is 15.0 Å². The first-order chi connectivity index (χ1) is 22.8. The number of hydrogen-bond donors (Lipinski definition) is 0. The molecule has 0 saturated carbocycles. The molecule has 0 aliphatic carbocycles. The number of benzene rings is 7. The first-order valence-corrected chi connectivity index (χ1v) is 15.5. The molecule has 2 heterocycles. The Balaban J connectivity index is 1.10. The lowest BCUT2D eigenvalue weighted by atomic mass is 9.94. The van der Waals surface area contributed by atoms with Crippen LogP contribution in [0.4, 0.5) is 0 Å². The number of hydrogen-bond acceptors (Lipinski definition) is 3. The van der Waals surface area contributed by atoms with Crippen LogP contribution in [-0.2, 0) is 0 Å². The van der Waals surface area contributed by atoms with E-state index in [9.17, 15) is 0 Å². The number of pyridine rings is 1. The van der Waals surface area contributed by atoms with E-state index < -0.39 is 0 Å². The molecule has 0 aliphatic rings. The molecule has 0 radical (unpaired) electrons. The van der Waals surface area contributed by atoms with Crippen LogP contribution in [0.3, 0.4) is 0 Å². The highest BCUT2D eigenvalue weighted by Crippen LogP contribution is 2.38. The quantitative estimate of drug-likeness (QED) is 0.193. The van der Waals surface area contributed by atoms with E-state index in [-0.39, 0.29) is 0 Å². The Hall–Kier alpha value is -6.19. The fourth-order valence-electron chi connectivity index (χ4n) is 6.60. The van der Waals surface area contributed by atoms with Crippen LogP contribution in [0, 0.1) is 0 Å². The molecule has 0 unspecified atom stereocenters. The van der Waals surface area contributed by atoms with Crippen molar-refractivity contribution in [3.05, 3.63) is 164 Å². The van der Waals surface area contributed by atoms with Gasteiger partial charge >= 0.3 is 0 Å². The van der Waals surface area contributed by atoms with Gasteiger partial charge in [0, 0.05) is 38.2 Å². The predicted molar refractivity (Wildman–Crippen MR) is 192 cm³/mol. The van der Waals surface area contributed by atoms with Gasteiger partial charge in [0.25, 0.3) is 0 Å². The number of nitrogens with zero attached hydrogens (tertiary/aromatic N) is 3. The van der Waals surface area contributed by atoms with Gasteiger partial charge in [-0.1, -0.05) is 152 Å². The van der Waals surface area contributed by atoms with E-state index in [4.69, 9.17) is 15.0 Å². The molecule has 0 bridgehead atoms. The lowest BCUT2D eigenvalue weighted by Gasteiger charge is -2.13. The SMILES string of the molecule is c1ccc(-c2nc(-c3ccc(-c4ccc(-c5nc6ccccc6c6c5ccc5ccccc56)cc4)cc3)c3ccccc3n2)cc1. The maximum absolute atomic E-state index is 5.17. The third kappa shape index (κ3) is 4.41. The number of fused-ring (bicyclic) bond motifs is 6. The van der Waals surface area contributed by atoms with Crippen molar-refractivity contribution in [2.45, 2.75) is 0 Å². The third-order valence-electron chi connectivity index (χ3n) is 8.88. The third-order valence-corrected chi connectivity index (χ3v) is 8.88. The first kappa shape index (κ1) is 26.2. The van der Waals surface area contributed by atoms with Gasteiger partial charge in [-0.2, -0.15) is 0 Å². The van der Waals surface area contributed by atoms with Crippen molar-refractivity contribution >= 4 is 43.4 Å². The summed E-state index contributed by atoms with van der Waals surface area (Å²) in [6.45, 7) is 0. The van der Waals surface area contributed by atoms with Gasteiger partial charge in [0.15, 0.2) is 5.82 Å². The maximum atomic E-state index is 5.17. The molecule has 0 fully saturated rings. The van der Waals surface area contributed by atoms with E-state index in [0.29, 0.717) is 0 Å². The summed E-state index contributed by atoms with van der Waals surface area (Å²) in [6.07, 6.45) is 0. The zero-order valence-corrected chi connectivity index (χ0v) is 24.9. The van der Waals surface area contributed by atoms with E-state index in [1.54, 1.807) is 0 Å². The van der Waals surface area contributed by atoms with Gasteiger partial charge in [-0.3, -0.25) is 0 Å². The van der Waals surface area contributed by atoms with Crippen LogP contribution in [0.15, 0.2) is 164 Å². The standard InChI is InChI=1S/C43H27N3/c1-2-11-33(12-3-1)43-45-39-17-9-7-15-36(39)41(46-43)31-22-18-28(19-23-31)29-20-24-32(25-21-29)42-37-27-26-30-10-4-5-13-34(30)40(37)35-14-6-8-16-38(35)44-42/h1-27H. The molecule has 7 aromatic carbocycles. The predicted octanol–water partition coefficient (Wildman–Crippen LogP) is 11.2. The molecule has 0 amide bonds. The van der Waals surface area contributed by atoms with Crippen LogP contribution in [0.5, 0.6) is 0 Å². The number of para-hydroxylation sites is 2. The smallest absolute Gasteiger partial charge is 0.160 e. The lowest BCUT2D eigenvalue weighted by Crippen LogP contribution is -1.95. The Labute approximate surface area is 266 Å². The van der Waals surface area contributed by atoms with Gasteiger partial charge < -0.3 is 0 Å². The molecule has 9 rings (SSSR count). The molecule has 3 nitrogen and oxygen atoms in total. The molecule has 9 aromatic rings. The van der Waals surface area contributed by atoms with Crippen LogP contribution in [-0.4, -0.2) is 15.0 Å². The van der Waals surface area contributed by atoms with Crippen molar-refractivity contribution in [2.75, 3.05) is 0 Å². The second-order valence-corrected chi connectivity index (χ2v) is 11.6. The molecule has 0 aliphatic heterocycles. The largest absolute Gasteiger partial charge is 0.247 e. The fraction of sp³-hybridized carbons (Fsp3) is 0. The minimum Gasteiger partial charge on any atom is -0.247 e. The van der Waals surface area contributed by atoms with Gasteiger partial charge in [-0.15, -0.1) is 0 Å². The Morgan fingerprint density at radius 3 is 1.50 bits per heavy atom. The van der Waals surface area contributed by atoms with Crippen molar-refractivity contribution in [3.8, 4) is 45.0 Å². The summed E-state index contributed by atoms with van der Waals surface area (Å²) in [5.41, 5.74) is 9.38. The van der Waals surface area contributed by atoms with E-state index in [1.165, 1.54) is 26.9 Å². The van der Waals surface area contributed by atoms with Gasteiger partial charge in [0.05, 0.1) is 22.4 Å². The molecule has 46 heavy (non-hydrogen) atoms. The highest BCUT2D eigenvalue weighted by atomic mass is 14.9. The molecule has 2 aromatic heterocycles. The van der Waals surface area contributed by atoms with Crippen LogP contribution < -0.4 is 0 Å². The Morgan fingerprint density at radius 2 is 0.804 bits per heavy atom. The average Bonchev–Trinajstić information content (AvgIpc) is 3.14. The van der Waals surface area contributed by atoms with Gasteiger partial charge in [0.1, 0.15) is 0 Å². The van der Waals surface area contributed by atoms with Gasteiger partial charge in [-0.05, 0) is 34.0 Å². The second kappa shape index (κ2) is 10.8. The van der Waals surface area contributed by atoms with Crippen LogP contribution in [0.1, 0.15) is 0 Å². The molecule has 0 spiro atoms. The van der Waals surface area contributed by atoms with Gasteiger partial charge in [0.2, 0.25) is 0 Å². The Bertz CT molecular complexity index is 2540. The molecular formula is C43H27N3. The Morgan fingerprint density at radius 1 is 0.283 bits per heavy atom. The second-order valence-electron chi connectivity index (χ2n) is 11.6. The highest BCUT2D eigenvalue weighted by molar-refractivity contribution is 6.22. The monoisotopic (exact) mass is 585 g/mol. The summed E-state index contributed by atoms with van der Waals surface area (Å²) >= 11 is 0. The zero-order valence-electron chi connectivity index (χ0n) is 24.9. The molecule has 3 heteroatoms. The van der Waals surface area contributed by atoms with Crippen molar-refractivity contribution in [1.29, 1.82) is 0 Å². The number of aromatic nitrogens is 3. The fourth-order valence-corrected chi connectivity index (χ4v) is 6.60. The van der Waals surface area contributed by atoms with E-state index in [2.05, 4.69) is 133 Å². The summed E-state index contributed by atoms with van der Waals surface area (Å²) in [5.74, 6) is 0.733. The molecular weight excluding hydrogens is 558 g/mol. The van der Waals surface area contributed by atoms with Crippen molar-refractivity contribution < 1.29 is 0 Å². The summed E-state index contributed by atoms with van der Waals surface area (Å²) in [4.78, 5) is 15.1. The zero-order chi connectivity index (χ0) is 30.5. The van der Waals surface area contributed by atoms with Crippen molar-refractivity contribution in [2.24, 2.45) is 0 Å². The van der Waals surface area contributed by atoms with E-state index in [0.717, 1.165) is 61.4 Å². The normalized spacial score (nSPS) is 11.5. The first-order valence-electron chi connectivity index (χ1n) is 15.5. The maximum Gasteiger partial charge on any atom is 0.160 e. The number of rotatable bonds is 4. The van der Waals surface area contributed by atoms with Crippen molar-refractivity contribution in [3.63, 3.8) is 0 Å². The molecule has 214 valence electrons. The molecule has 0 atom stereocenters. The van der Waals surface area contributed by atoms with Crippen LogP contribution in [0.25, 0.3) is 88.4 Å². The minimum absolute atomic E-state index is 0.733. The average molecular weight is 586 g/mol. The summed E-state index contributed by atoms with van der Waals surface area (Å²) in [7, 11) is 0. The van der Waals surface area contributed by atoms with Crippen LogP contribution >= 0.6 is 0 Å². The topological polar surface area (TPSA) is 38.7 Å². The summed E-state index contributed by atoms with van der Waals surface area (Å²) < 4.78 is 0. The van der Waals surface area contributed by atoms with Crippen LogP contribution in [0.2, 0.25) is 0 Å². The molecule has 0 saturated heterocycles. The van der Waals surface area contributed by atoms with E-state index in [1.807, 2.05) is 30.3 Å². The van der Waals surface area contributed by atoms with E-state index >= 15 is 0 Å².